The van der Waals surface area contributed by atoms with Crippen LogP contribution in [0.15, 0.2) is 0 Å². The Kier molecular flexibility index (Phi) is 5.65. The molecular formula is C11H22N2O2. The molecule has 0 aromatic heterocycles. The van der Waals surface area contributed by atoms with E-state index in [4.69, 9.17) is 10.5 Å². The minimum absolute atomic E-state index is 0.000288. The van der Waals surface area contributed by atoms with Crippen LogP contribution in [-0.2, 0) is 9.53 Å². The van der Waals surface area contributed by atoms with Crippen LogP contribution in [0.2, 0.25) is 0 Å². The second kappa shape index (κ2) is 6.80. The fraction of sp³-hybridized carbons (Fsp3) is 0.909. The van der Waals surface area contributed by atoms with E-state index >= 15 is 0 Å². The van der Waals surface area contributed by atoms with Crippen molar-refractivity contribution < 1.29 is 9.53 Å². The van der Waals surface area contributed by atoms with Gasteiger partial charge in [0, 0.05) is 32.2 Å². The molecule has 1 rings (SSSR count). The molecule has 0 aromatic rings. The number of hydrogen-bond acceptors (Lipinski definition) is 3. The monoisotopic (exact) mass is 214 g/mol. The number of carbonyl (C=O) groups excluding carboxylic acids is 1. The van der Waals surface area contributed by atoms with Gasteiger partial charge in [-0.1, -0.05) is 6.92 Å². The van der Waals surface area contributed by atoms with Crippen LogP contribution in [0.1, 0.15) is 32.6 Å². The minimum Gasteiger partial charge on any atom is -0.381 e. The number of ether oxygens (including phenoxy) is 1. The van der Waals surface area contributed by atoms with Crippen molar-refractivity contribution in [3.63, 3.8) is 0 Å². The Hall–Kier alpha value is -0.610. The Morgan fingerprint density at radius 2 is 2.20 bits per heavy atom. The summed E-state index contributed by atoms with van der Waals surface area (Å²) in [5, 5.41) is 2.94. The number of rotatable bonds is 5. The largest absolute Gasteiger partial charge is 0.381 e. The first kappa shape index (κ1) is 12.5. The van der Waals surface area contributed by atoms with E-state index in [2.05, 4.69) is 5.32 Å². The number of nitrogens with two attached hydrogens (primary N) is 1. The van der Waals surface area contributed by atoms with Crippen molar-refractivity contribution in [1.29, 1.82) is 0 Å². The van der Waals surface area contributed by atoms with E-state index in [0.717, 1.165) is 39.0 Å². The van der Waals surface area contributed by atoms with Crippen LogP contribution >= 0.6 is 0 Å². The summed E-state index contributed by atoms with van der Waals surface area (Å²) in [5.74, 6) is 0.663. The molecule has 1 heterocycles. The summed E-state index contributed by atoms with van der Waals surface area (Å²) in [4.78, 5) is 11.4. The Labute approximate surface area is 91.5 Å². The van der Waals surface area contributed by atoms with Crippen LogP contribution in [0.4, 0.5) is 0 Å². The summed E-state index contributed by atoms with van der Waals surface area (Å²) in [6, 6.07) is -0.000288. The molecule has 1 saturated heterocycles. The van der Waals surface area contributed by atoms with E-state index in [0.29, 0.717) is 12.3 Å². The van der Waals surface area contributed by atoms with Gasteiger partial charge in [-0.25, -0.2) is 0 Å². The third-order valence-corrected chi connectivity index (χ3v) is 2.90. The second-order valence-corrected chi connectivity index (χ2v) is 4.23. The summed E-state index contributed by atoms with van der Waals surface area (Å²) in [6.07, 6.45) is 3.41. The van der Waals surface area contributed by atoms with Crippen LogP contribution in [0.5, 0.6) is 0 Å². The highest BCUT2D eigenvalue weighted by Gasteiger charge is 2.15. The number of hydrogen-bond donors (Lipinski definition) is 2. The van der Waals surface area contributed by atoms with Gasteiger partial charge in [0.25, 0.3) is 0 Å². The van der Waals surface area contributed by atoms with E-state index in [-0.39, 0.29) is 11.9 Å². The van der Waals surface area contributed by atoms with Crippen molar-refractivity contribution in [3.05, 3.63) is 0 Å². The van der Waals surface area contributed by atoms with Gasteiger partial charge >= 0.3 is 0 Å². The first-order chi connectivity index (χ1) is 7.22. The SMILES string of the molecule is CCC(N)CC(=O)NCC1CCOCC1. The highest BCUT2D eigenvalue weighted by molar-refractivity contribution is 5.76. The Bertz CT molecular complexity index is 191. The lowest BCUT2D eigenvalue weighted by Crippen LogP contribution is -2.35. The second-order valence-electron chi connectivity index (χ2n) is 4.23. The predicted octanol–water partition coefficient (Wildman–Crippen LogP) is 0.657. The van der Waals surface area contributed by atoms with Gasteiger partial charge in [0.15, 0.2) is 0 Å². The summed E-state index contributed by atoms with van der Waals surface area (Å²) < 4.78 is 5.26. The molecule has 88 valence electrons. The smallest absolute Gasteiger partial charge is 0.221 e. The molecular weight excluding hydrogens is 192 g/mol. The van der Waals surface area contributed by atoms with E-state index in [1.165, 1.54) is 0 Å². The summed E-state index contributed by atoms with van der Waals surface area (Å²) in [6.45, 7) is 4.43. The topological polar surface area (TPSA) is 64.4 Å². The third kappa shape index (κ3) is 5.14. The average Bonchev–Trinajstić information content (AvgIpc) is 2.27. The standard InChI is InChI=1S/C11H22N2O2/c1-2-10(12)7-11(14)13-8-9-3-5-15-6-4-9/h9-10H,2-8,12H2,1H3,(H,13,14). The van der Waals surface area contributed by atoms with Gasteiger partial charge in [-0.15, -0.1) is 0 Å². The lowest BCUT2D eigenvalue weighted by Gasteiger charge is -2.22. The molecule has 0 aromatic carbocycles. The normalized spacial score (nSPS) is 19.9. The molecule has 0 radical (unpaired) electrons. The average molecular weight is 214 g/mol. The van der Waals surface area contributed by atoms with Crippen LogP contribution in [0.25, 0.3) is 0 Å². The van der Waals surface area contributed by atoms with Crippen LogP contribution in [-0.4, -0.2) is 31.7 Å². The summed E-state index contributed by atoms with van der Waals surface area (Å²) in [7, 11) is 0. The van der Waals surface area contributed by atoms with Gasteiger partial charge < -0.3 is 15.8 Å². The molecule has 0 bridgehead atoms. The van der Waals surface area contributed by atoms with E-state index in [1.807, 2.05) is 6.92 Å². The zero-order valence-electron chi connectivity index (χ0n) is 9.50. The lowest BCUT2D eigenvalue weighted by molar-refractivity contribution is -0.121. The molecule has 4 heteroatoms. The number of amides is 1. The van der Waals surface area contributed by atoms with Crippen LogP contribution in [0, 0.1) is 5.92 Å². The van der Waals surface area contributed by atoms with Crippen LogP contribution in [0.3, 0.4) is 0 Å². The van der Waals surface area contributed by atoms with Crippen molar-refractivity contribution >= 4 is 5.91 Å². The van der Waals surface area contributed by atoms with Crippen molar-refractivity contribution in [2.45, 2.75) is 38.6 Å². The van der Waals surface area contributed by atoms with E-state index in [1.54, 1.807) is 0 Å². The molecule has 1 aliphatic rings. The molecule has 0 spiro atoms. The first-order valence-electron chi connectivity index (χ1n) is 5.82. The first-order valence-corrected chi connectivity index (χ1v) is 5.82. The lowest BCUT2D eigenvalue weighted by atomic mass is 10.0. The molecule has 0 aliphatic carbocycles. The van der Waals surface area contributed by atoms with E-state index < -0.39 is 0 Å². The Morgan fingerprint density at radius 3 is 2.80 bits per heavy atom. The predicted molar refractivity (Wildman–Crippen MR) is 59.4 cm³/mol. The van der Waals surface area contributed by atoms with Crippen molar-refractivity contribution in [1.82, 2.24) is 5.32 Å². The molecule has 1 atom stereocenters. The zero-order valence-corrected chi connectivity index (χ0v) is 9.50. The van der Waals surface area contributed by atoms with Gasteiger partial charge in [-0.2, -0.15) is 0 Å². The van der Waals surface area contributed by atoms with Gasteiger partial charge in [0.05, 0.1) is 0 Å². The van der Waals surface area contributed by atoms with Crippen molar-refractivity contribution in [3.8, 4) is 0 Å². The maximum absolute atomic E-state index is 11.4. The maximum Gasteiger partial charge on any atom is 0.221 e. The number of carbonyl (C=O) groups is 1. The van der Waals surface area contributed by atoms with Crippen molar-refractivity contribution in [2.75, 3.05) is 19.8 Å². The van der Waals surface area contributed by atoms with Gasteiger partial charge in [0.1, 0.15) is 0 Å². The summed E-state index contributed by atoms with van der Waals surface area (Å²) in [5.41, 5.74) is 5.70. The van der Waals surface area contributed by atoms with E-state index in [9.17, 15) is 4.79 Å². The highest BCUT2D eigenvalue weighted by atomic mass is 16.5. The fourth-order valence-corrected chi connectivity index (χ4v) is 1.66. The zero-order chi connectivity index (χ0) is 11.1. The quantitative estimate of drug-likeness (QED) is 0.706. The number of nitrogens with one attached hydrogen (secondary N) is 1. The molecule has 1 unspecified atom stereocenters. The molecule has 15 heavy (non-hydrogen) atoms. The molecule has 1 aliphatic heterocycles. The molecule has 1 fully saturated rings. The van der Waals surface area contributed by atoms with Gasteiger partial charge in [0.2, 0.25) is 5.91 Å². The highest BCUT2D eigenvalue weighted by Crippen LogP contribution is 2.13. The summed E-state index contributed by atoms with van der Waals surface area (Å²) >= 11 is 0. The Balaban J connectivity index is 2.10. The minimum atomic E-state index is -0.000288. The fourth-order valence-electron chi connectivity index (χ4n) is 1.66. The van der Waals surface area contributed by atoms with Crippen LogP contribution < -0.4 is 11.1 Å². The Morgan fingerprint density at radius 1 is 1.53 bits per heavy atom. The van der Waals surface area contributed by atoms with Crippen molar-refractivity contribution in [2.24, 2.45) is 11.7 Å². The maximum atomic E-state index is 11.4. The molecule has 0 saturated carbocycles. The molecule has 1 amide bonds. The molecule has 4 nitrogen and oxygen atoms in total. The third-order valence-electron chi connectivity index (χ3n) is 2.90. The molecule has 3 N–H and O–H groups in total. The van der Waals surface area contributed by atoms with Gasteiger partial charge in [-0.05, 0) is 25.2 Å². The van der Waals surface area contributed by atoms with Gasteiger partial charge in [-0.3, -0.25) is 4.79 Å².